The van der Waals surface area contributed by atoms with E-state index in [1.54, 1.807) is 12.1 Å². The van der Waals surface area contributed by atoms with E-state index in [2.05, 4.69) is 9.97 Å². The first-order chi connectivity index (χ1) is 9.47. The van der Waals surface area contributed by atoms with Crippen LogP contribution in [0.4, 0.5) is 0 Å². The molecule has 20 heavy (non-hydrogen) atoms. The molecule has 1 fully saturated rings. The van der Waals surface area contributed by atoms with Gasteiger partial charge in [0.1, 0.15) is 11.3 Å². The average molecular weight is 293 g/mol. The minimum absolute atomic E-state index is 0.103. The van der Waals surface area contributed by atoms with Gasteiger partial charge in [-0.25, -0.2) is 13.4 Å². The van der Waals surface area contributed by atoms with Crippen molar-refractivity contribution in [1.29, 1.82) is 0 Å². The first-order valence-corrected chi connectivity index (χ1v) is 8.80. The topological polar surface area (TPSA) is 88.8 Å². The molecule has 3 N–H and O–H groups in total. The lowest BCUT2D eigenvalue weighted by Gasteiger charge is -2.26. The summed E-state index contributed by atoms with van der Waals surface area (Å²) >= 11 is 0. The number of rotatable bonds is 2. The molecular weight excluding hydrogens is 274 g/mol. The first-order valence-electron chi connectivity index (χ1n) is 6.91. The predicted octanol–water partition coefficient (Wildman–Crippen LogP) is 1.95. The van der Waals surface area contributed by atoms with Gasteiger partial charge in [-0.3, -0.25) is 0 Å². The second kappa shape index (κ2) is 4.86. The van der Waals surface area contributed by atoms with E-state index >= 15 is 0 Å². The Hall–Kier alpha value is -1.40. The molecule has 2 aromatic rings. The van der Waals surface area contributed by atoms with E-state index in [-0.39, 0.29) is 16.9 Å². The summed E-state index contributed by atoms with van der Waals surface area (Å²) in [6.07, 6.45) is 5.53. The van der Waals surface area contributed by atoms with Gasteiger partial charge in [-0.15, -0.1) is 0 Å². The highest BCUT2D eigenvalue weighted by Crippen LogP contribution is 2.32. The standard InChI is InChI=1S/C14H19N3O2S/c1-20(18,19)12-8-4-7-11-13(12)17-14(16-11)9-5-2-3-6-10(9)15/h4,7-10H,2-3,5-6,15H2,1H3,(H,16,17). The van der Waals surface area contributed by atoms with Crippen LogP contribution in [0.3, 0.4) is 0 Å². The molecule has 108 valence electrons. The Morgan fingerprint density at radius 3 is 2.75 bits per heavy atom. The molecule has 1 saturated carbocycles. The van der Waals surface area contributed by atoms with E-state index in [4.69, 9.17) is 5.73 Å². The van der Waals surface area contributed by atoms with E-state index in [9.17, 15) is 8.42 Å². The number of sulfone groups is 1. The Bertz CT molecular complexity index is 736. The van der Waals surface area contributed by atoms with Crippen LogP contribution in [0.1, 0.15) is 37.4 Å². The summed E-state index contributed by atoms with van der Waals surface area (Å²) in [6.45, 7) is 0. The summed E-state index contributed by atoms with van der Waals surface area (Å²) in [7, 11) is -3.27. The zero-order chi connectivity index (χ0) is 14.3. The molecule has 5 nitrogen and oxygen atoms in total. The minimum Gasteiger partial charge on any atom is -0.342 e. The van der Waals surface area contributed by atoms with E-state index in [0.717, 1.165) is 37.0 Å². The highest BCUT2D eigenvalue weighted by molar-refractivity contribution is 7.91. The van der Waals surface area contributed by atoms with Crippen LogP contribution in [0.25, 0.3) is 11.0 Å². The third-order valence-corrected chi connectivity index (χ3v) is 5.19. The number of nitrogens with zero attached hydrogens (tertiary/aromatic N) is 1. The third kappa shape index (κ3) is 2.33. The fourth-order valence-corrected chi connectivity index (χ4v) is 3.83. The summed E-state index contributed by atoms with van der Waals surface area (Å²) in [5, 5.41) is 0. The smallest absolute Gasteiger partial charge is 0.177 e. The SMILES string of the molecule is CS(=O)(=O)c1cccc2[nH]c(C3CCCCC3N)nc12. The molecule has 0 saturated heterocycles. The Balaban J connectivity index is 2.11. The number of hydrogen-bond acceptors (Lipinski definition) is 4. The van der Waals surface area contributed by atoms with Crippen molar-refractivity contribution in [3.05, 3.63) is 24.0 Å². The first kappa shape index (κ1) is 13.6. The van der Waals surface area contributed by atoms with Gasteiger partial charge in [0, 0.05) is 18.2 Å². The van der Waals surface area contributed by atoms with Crippen LogP contribution in [-0.2, 0) is 9.84 Å². The van der Waals surface area contributed by atoms with Crippen molar-refractivity contribution >= 4 is 20.9 Å². The molecule has 1 aliphatic rings. The van der Waals surface area contributed by atoms with Crippen LogP contribution in [0.2, 0.25) is 0 Å². The fourth-order valence-electron chi connectivity index (χ4n) is 3.00. The highest BCUT2D eigenvalue weighted by Gasteiger charge is 2.27. The van der Waals surface area contributed by atoms with Gasteiger partial charge >= 0.3 is 0 Å². The maximum atomic E-state index is 11.8. The summed E-state index contributed by atoms with van der Waals surface area (Å²) in [6, 6.07) is 5.30. The molecule has 0 radical (unpaired) electrons. The van der Waals surface area contributed by atoms with Gasteiger partial charge in [0.15, 0.2) is 9.84 Å². The van der Waals surface area contributed by atoms with Gasteiger partial charge in [-0.1, -0.05) is 18.9 Å². The van der Waals surface area contributed by atoms with Gasteiger partial charge < -0.3 is 10.7 Å². The number of imidazole rings is 1. The summed E-state index contributed by atoms with van der Waals surface area (Å²) < 4.78 is 23.6. The Kier molecular flexibility index (Phi) is 3.30. The van der Waals surface area contributed by atoms with Crippen molar-refractivity contribution < 1.29 is 8.42 Å². The number of nitrogens with one attached hydrogen (secondary N) is 1. The number of hydrogen-bond donors (Lipinski definition) is 2. The number of aromatic nitrogens is 2. The van der Waals surface area contributed by atoms with Crippen molar-refractivity contribution in [3.63, 3.8) is 0 Å². The number of nitrogens with two attached hydrogens (primary N) is 1. The van der Waals surface area contributed by atoms with Crippen LogP contribution in [0.15, 0.2) is 23.1 Å². The molecule has 3 rings (SSSR count). The van der Waals surface area contributed by atoms with Crippen LogP contribution in [0, 0.1) is 0 Å². The summed E-state index contributed by atoms with van der Waals surface area (Å²) in [5.41, 5.74) is 7.47. The lowest BCUT2D eigenvalue weighted by Crippen LogP contribution is -2.31. The Morgan fingerprint density at radius 2 is 2.05 bits per heavy atom. The largest absolute Gasteiger partial charge is 0.342 e. The van der Waals surface area contributed by atoms with Crippen LogP contribution < -0.4 is 5.73 Å². The minimum atomic E-state index is -3.27. The average Bonchev–Trinajstić information content (AvgIpc) is 2.81. The molecule has 0 aliphatic heterocycles. The monoisotopic (exact) mass is 293 g/mol. The lowest BCUT2D eigenvalue weighted by atomic mass is 9.84. The zero-order valence-corrected chi connectivity index (χ0v) is 12.3. The number of fused-ring (bicyclic) bond motifs is 1. The van der Waals surface area contributed by atoms with Crippen molar-refractivity contribution in [2.24, 2.45) is 5.73 Å². The Labute approximate surface area is 118 Å². The zero-order valence-electron chi connectivity index (χ0n) is 11.5. The highest BCUT2D eigenvalue weighted by atomic mass is 32.2. The number of benzene rings is 1. The van der Waals surface area contributed by atoms with Gasteiger partial charge in [-0.2, -0.15) is 0 Å². The van der Waals surface area contributed by atoms with Gasteiger partial charge in [0.25, 0.3) is 0 Å². The molecule has 1 aromatic carbocycles. The molecule has 0 bridgehead atoms. The van der Waals surface area contributed by atoms with E-state index in [1.165, 1.54) is 6.26 Å². The van der Waals surface area contributed by atoms with E-state index < -0.39 is 9.84 Å². The van der Waals surface area contributed by atoms with Crippen molar-refractivity contribution in [2.45, 2.75) is 42.5 Å². The fraction of sp³-hybridized carbons (Fsp3) is 0.500. The molecule has 1 heterocycles. The van der Waals surface area contributed by atoms with Crippen molar-refractivity contribution in [2.75, 3.05) is 6.26 Å². The molecule has 1 aliphatic carbocycles. The van der Waals surface area contributed by atoms with Gasteiger partial charge in [-0.05, 0) is 25.0 Å². The second-order valence-electron chi connectivity index (χ2n) is 5.60. The van der Waals surface area contributed by atoms with Crippen LogP contribution in [-0.4, -0.2) is 30.7 Å². The normalized spacial score (nSPS) is 24.1. The molecule has 6 heteroatoms. The lowest BCUT2D eigenvalue weighted by molar-refractivity contribution is 0.375. The number of para-hydroxylation sites is 1. The third-order valence-electron chi connectivity index (χ3n) is 4.06. The van der Waals surface area contributed by atoms with Crippen LogP contribution >= 0.6 is 0 Å². The van der Waals surface area contributed by atoms with Gasteiger partial charge in [0.05, 0.1) is 10.4 Å². The summed E-state index contributed by atoms with van der Waals surface area (Å²) in [4.78, 5) is 8.07. The molecule has 0 amide bonds. The molecule has 2 unspecified atom stereocenters. The maximum absolute atomic E-state index is 11.8. The second-order valence-corrected chi connectivity index (χ2v) is 7.59. The van der Waals surface area contributed by atoms with Crippen molar-refractivity contribution in [3.8, 4) is 0 Å². The number of aromatic amines is 1. The van der Waals surface area contributed by atoms with Crippen molar-refractivity contribution in [1.82, 2.24) is 9.97 Å². The molecule has 1 aromatic heterocycles. The van der Waals surface area contributed by atoms with E-state index in [1.807, 2.05) is 6.07 Å². The van der Waals surface area contributed by atoms with Gasteiger partial charge in [0.2, 0.25) is 0 Å². The maximum Gasteiger partial charge on any atom is 0.177 e. The molecule has 0 spiro atoms. The predicted molar refractivity (Wildman–Crippen MR) is 78.4 cm³/mol. The molecular formula is C14H19N3O2S. The van der Waals surface area contributed by atoms with E-state index in [0.29, 0.717) is 5.52 Å². The molecule has 2 atom stereocenters. The number of H-pyrrole nitrogens is 1. The summed E-state index contributed by atoms with van der Waals surface area (Å²) in [5.74, 6) is 1.02. The Morgan fingerprint density at radius 1 is 1.30 bits per heavy atom. The van der Waals surface area contributed by atoms with Crippen LogP contribution in [0.5, 0.6) is 0 Å². The quantitative estimate of drug-likeness (QED) is 0.885.